The molecule has 2 N–H and O–H groups in total. The van der Waals surface area contributed by atoms with Crippen LogP contribution in [-0.2, 0) is 15.4 Å². The minimum absolute atomic E-state index is 0.124. The van der Waals surface area contributed by atoms with Gasteiger partial charge in [0, 0.05) is 0 Å². The fraction of sp³-hybridized carbons (Fsp3) is 0.727. The first-order valence-electron chi connectivity index (χ1n) is 5.91. The number of anilines is 1. The van der Waals surface area contributed by atoms with Gasteiger partial charge in [-0.25, -0.2) is 13.1 Å². The first-order chi connectivity index (χ1) is 8.16. The zero-order chi connectivity index (χ0) is 13.7. The summed E-state index contributed by atoms with van der Waals surface area (Å²) in [6, 6.07) is 0. The van der Waals surface area contributed by atoms with Crippen LogP contribution in [0.25, 0.3) is 0 Å². The number of rotatable bonds is 2. The van der Waals surface area contributed by atoms with Gasteiger partial charge in [-0.15, -0.1) is 0 Å². The van der Waals surface area contributed by atoms with Crippen molar-refractivity contribution in [3.05, 3.63) is 9.26 Å². The zero-order valence-electron chi connectivity index (χ0n) is 10.8. The Morgan fingerprint density at radius 2 is 2.11 bits per heavy atom. The number of sulfone groups is 1. The van der Waals surface area contributed by atoms with Gasteiger partial charge in [0.15, 0.2) is 9.84 Å². The third kappa shape index (κ3) is 2.26. The Morgan fingerprint density at radius 1 is 1.50 bits per heavy atom. The van der Waals surface area contributed by atoms with Gasteiger partial charge in [0.05, 0.1) is 26.3 Å². The lowest BCUT2D eigenvalue weighted by molar-refractivity contribution is 0.331. The van der Waals surface area contributed by atoms with Crippen molar-refractivity contribution < 1.29 is 8.42 Å². The molecule has 0 spiro atoms. The molecular formula is C11H18IN3O2S. The van der Waals surface area contributed by atoms with Crippen molar-refractivity contribution in [1.29, 1.82) is 0 Å². The summed E-state index contributed by atoms with van der Waals surface area (Å²) in [5, 5.41) is 4.55. The molecule has 1 fully saturated rings. The molecule has 0 bridgehead atoms. The van der Waals surface area contributed by atoms with E-state index in [1.165, 1.54) is 0 Å². The normalized spacial score (nSPS) is 26.9. The number of nitrogens with zero attached hydrogens (tertiary/aromatic N) is 2. The lowest BCUT2D eigenvalue weighted by atomic mass is 10.0. The van der Waals surface area contributed by atoms with E-state index < -0.39 is 15.4 Å². The van der Waals surface area contributed by atoms with Crippen LogP contribution in [0, 0.1) is 3.57 Å². The van der Waals surface area contributed by atoms with Crippen LogP contribution in [-0.4, -0.2) is 29.7 Å². The highest BCUT2D eigenvalue weighted by Crippen LogP contribution is 2.35. The van der Waals surface area contributed by atoms with E-state index in [0.29, 0.717) is 12.2 Å². The Balaban J connectivity index is 2.50. The monoisotopic (exact) mass is 383 g/mol. The van der Waals surface area contributed by atoms with Crippen LogP contribution < -0.4 is 5.73 Å². The van der Waals surface area contributed by atoms with Gasteiger partial charge in [0.1, 0.15) is 5.82 Å². The molecule has 1 aromatic rings. The summed E-state index contributed by atoms with van der Waals surface area (Å²) in [5.41, 5.74) is 6.53. The first kappa shape index (κ1) is 14.1. The molecule has 1 aliphatic heterocycles. The summed E-state index contributed by atoms with van der Waals surface area (Å²) in [4.78, 5) is 0. The van der Waals surface area contributed by atoms with Crippen LogP contribution in [0.3, 0.4) is 0 Å². The number of hydrogen-bond donors (Lipinski definition) is 1. The molecule has 1 aliphatic rings. The Kier molecular flexibility index (Phi) is 3.42. The van der Waals surface area contributed by atoms with Gasteiger partial charge in [-0.3, -0.25) is 0 Å². The van der Waals surface area contributed by atoms with E-state index >= 15 is 0 Å². The summed E-state index contributed by atoms with van der Waals surface area (Å²) in [7, 11) is -2.96. The standard InChI is InChI=1S/C11H18IN3O2S/c1-7(2)9-8(12)10(13)15(14-9)11(3)4-5-18(16,17)6-11/h7H,4-6,13H2,1-3H3. The molecule has 0 radical (unpaired) electrons. The summed E-state index contributed by atoms with van der Waals surface area (Å²) in [6.07, 6.45) is 0.578. The average molecular weight is 383 g/mol. The second-order valence-corrected chi connectivity index (χ2v) is 8.75. The Morgan fingerprint density at radius 3 is 2.50 bits per heavy atom. The largest absolute Gasteiger partial charge is 0.383 e. The lowest BCUT2D eigenvalue weighted by Gasteiger charge is -2.24. The maximum atomic E-state index is 11.7. The fourth-order valence-electron chi connectivity index (χ4n) is 2.37. The quantitative estimate of drug-likeness (QED) is 0.789. The summed E-state index contributed by atoms with van der Waals surface area (Å²) in [6.45, 7) is 6.03. The van der Waals surface area contributed by atoms with Crippen molar-refractivity contribution in [2.24, 2.45) is 0 Å². The molecule has 102 valence electrons. The Labute approximate surface area is 121 Å². The van der Waals surface area contributed by atoms with Crippen LogP contribution in [0.4, 0.5) is 5.82 Å². The number of halogens is 1. The van der Waals surface area contributed by atoms with E-state index in [1.807, 2.05) is 6.92 Å². The Hall–Kier alpha value is -0.310. The zero-order valence-corrected chi connectivity index (χ0v) is 13.7. The molecule has 1 unspecified atom stereocenters. The van der Waals surface area contributed by atoms with Gasteiger partial charge in [0.2, 0.25) is 0 Å². The maximum absolute atomic E-state index is 11.7. The Bertz CT molecular complexity index is 579. The van der Waals surface area contributed by atoms with Gasteiger partial charge < -0.3 is 5.73 Å². The molecule has 0 aromatic carbocycles. The number of aromatic nitrogens is 2. The minimum atomic E-state index is -2.96. The van der Waals surface area contributed by atoms with Gasteiger partial charge >= 0.3 is 0 Å². The van der Waals surface area contributed by atoms with E-state index in [4.69, 9.17) is 5.73 Å². The molecule has 0 amide bonds. The number of nitrogen functional groups attached to an aromatic ring is 1. The van der Waals surface area contributed by atoms with Crippen LogP contribution in [0.15, 0.2) is 0 Å². The van der Waals surface area contributed by atoms with Crippen molar-refractivity contribution in [3.8, 4) is 0 Å². The van der Waals surface area contributed by atoms with Crippen molar-refractivity contribution in [3.63, 3.8) is 0 Å². The summed E-state index contributed by atoms with van der Waals surface area (Å²) < 4.78 is 26.0. The van der Waals surface area contributed by atoms with Crippen LogP contribution in [0.5, 0.6) is 0 Å². The fourth-order valence-corrected chi connectivity index (χ4v) is 5.44. The topological polar surface area (TPSA) is 78.0 Å². The highest BCUT2D eigenvalue weighted by molar-refractivity contribution is 14.1. The van der Waals surface area contributed by atoms with Gasteiger partial charge in [-0.2, -0.15) is 5.10 Å². The minimum Gasteiger partial charge on any atom is -0.383 e. The second kappa shape index (κ2) is 4.36. The highest BCUT2D eigenvalue weighted by Gasteiger charge is 2.42. The maximum Gasteiger partial charge on any atom is 0.152 e. The van der Waals surface area contributed by atoms with Crippen LogP contribution in [0.2, 0.25) is 0 Å². The number of hydrogen-bond acceptors (Lipinski definition) is 4. The van der Waals surface area contributed by atoms with Crippen LogP contribution in [0.1, 0.15) is 38.8 Å². The van der Waals surface area contributed by atoms with Crippen molar-refractivity contribution in [1.82, 2.24) is 9.78 Å². The third-order valence-corrected chi connectivity index (χ3v) is 6.42. The first-order valence-corrected chi connectivity index (χ1v) is 8.81. The van der Waals surface area contributed by atoms with E-state index in [2.05, 4.69) is 41.5 Å². The van der Waals surface area contributed by atoms with Gasteiger partial charge in [-0.1, -0.05) is 13.8 Å². The van der Waals surface area contributed by atoms with Crippen molar-refractivity contribution in [2.45, 2.75) is 38.6 Å². The molecule has 1 aromatic heterocycles. The highest BCUT2D eigenvalue weighted by atomic mass is 127. The molecule has 7 heteroatoms. The predicted octanol–water partition coefficient (Wildman–Crippen LogP) is 1.73. The molecule has 5 nitrogen and oxygen atoms in total. The third-order valence-electron chi connectivity index (χ3n) is 3.43. The molecule has 1 atom stereocenters. The molecule has 2 heterocycles. The molecular weight excluding hydrogens is 365 g/mol. The van der Waals surface area contributed by atoms with Crippen molar-refractivity contribution in [2.75, 3.05) is 17.2 Å². The van der Waals surface area contributed by atoms with Crippen molar-refractivity contribution >= 4 is 38.2 Å². The van der Waals surface area contributed by atoms with E-state index in [0.717, 1.165) is 9.26 Å². The molecule has 0 aliphatic carbocycles. The van der Waals surface area contributed by atoms with E-state index in [-0.39, 0.29) is 17.4 Å². The van der Waals surface area contributed by atoms with Crippen LogP contribution >= 0.6 is 22.6 Å². The summed E-state index contributed by atoms with van der Waals surface area (Å²) >= 11 is 2.19. The average Bonchev–Trinajstić information content (AvgIpc) is 2.68. The van der Waals surface area contributed by atoms with Gasteiger partial charge in [0.25, 0.3) is 0 Å². The molecule has 2 rings (SSSR count). The van der Waals surface area contributed by atoms with E-state index in [9.17, 15) is 8.42 Å². The molecule has 18 heavy (non-hydrogen) atoms. The SMILES string of the molecule is CC(C)c1nn(C2(C)CCS(=O)(=O)C2)c(N)c1I. The van der Waals surface area contributed by atoms with E-state index in [1.54, 1.807) is 4.68 Å². The second-order valence-electron chi connectivity index (χ2n) is 5.49. The van der Waals surface area contributed by atoms with Gasteiger partial charge in [-0.05, 0) is 41.9 Å². The predicted molar refractivity (Wildman–Crippen MR) is 80.4 cm³/mol. The number of nitrogens with two attached hydrogens (primary N) is 1. The molecule has 0 saturated carbocycles. The molecule has 1 saturated heterocycles. The lowest BCUT2D eigenvalue weighted by Crippen LogP contribution is -2.33. The summed E-state index contributed by atoms with van der Waals surface area (Å²) in [5.74, 6) is 1.21. The smallest absolute Gasteiger partial charge is 0.152 e.